The van der Waals surface area contributed by atoms with Gasteiger partial charge in [0.15, 0.2) is 5.82 Å². The Bertz CT molecular complexity index is 259. The molecule has 0 aliphatic carbocycles. The van der Waals surface area contributed by atoms with E-state index in [1.807, 2.05) is 0 Å². The molecule has 74 valence electrons. The fourth-order valence-corrected chi connectivity index (χ4v) is 1.01. The van der Waals surface area contributed by atoms with Crippen LogP contribution in [0.4, 0.5) is 0 Å². The number of nitrogens with one attached hydrogen (secondary N) is 1. The van der Waals surface area contributed by atoms with Crippen LogP contribution in [-0.2, 0) is 11.8 Å². The number of hydrogen-bond acceptors (Lipinski definition) is 3. The van der Waals surface area contributed by atoms with E-state index in [0.717, 1.165) is 24.5 Å². The number of aromatic nitrogens is 3. The fourth-order valence-electron chi connectivity index (χ4n) is 1.01. The third-order valence-corrected chi connectivity index (χ3v) is 1.82. The molecule has 0 amide bonds. The number of rotatable bonds is 3. The number of hydrogen-bond donors (Lipinski definition) is 2. The van der Waals surface area contributed by atoms with Gasteiger partial charge in [-0.05, 0) is 13.0 Å². The first-order valence-electron chi connectivity index (χ1n) is 4.66. The van der Waals surface area contributed by atoms with Crippen LogP contribution < -0.4 is 5.73 Å². The minimum absolute atomic E-state index is 0.0253. The van der Waals surface area contributed by atoms with Crippen molar-refractivity contribution in [1.82, 2.24) is 15.2 Å². The highest BCUT2D eigenvalue weighted by Crippen LogP contribution is 2.17. The number of nitrogens with two attached hydrogens (primary N) is 1. The summed E-state index contributed by atoms with van der Waals surface area (Å²) in [5.41, 5.74) is 5.43. The normalized spacial score (nSPS) is 12.0. The van der Waals surface area contributed by atoms with Crippen molar-refractivity contribution >= 4 is 0 Å². The monoisotopic (exact) mass is 182 g/mol. The number of aromatic amines is 1. The van der Waals surface area contributed by atoms with E-state index in [-0.39, 0.29) is 5.41 Å². The van der Waals surface area contributed by atoms with Gasteiger partial charge < -0.3 is 5.73 Å². The molecule has 0 aromatic carbocycles. The zero-order valence-corrected chi connectivity index (χ0v) is 8.59. The standard InChI is InChI=1S/C9H18N4/c1-9(2,3)8-11-7(12-13-8)5-4-6-10/h4-6,10H2,1-3H3,(H,11,12,13). The van der Waals surface area contributed by atoms with E-state index in [1.54, 1.807) is 0 Å². The molecule has 0 fully saturated rings. The molecule has 0 saturated heterocycles. The summed E-state index contributed by atoms with van der Waals surface area (Å²) in [6.07, 6.45) is 1.85. The molecule has 1 aromatic rings. The Kier molecular flexibility index (Phi) is 3.03. The number of aryl methyl sites for hydroxylation is 1. The molecule has 1 rings (SSSR count). The largest absolute Gasteiger partial charge is 0.330 e. The summed E-state index contributed by atoms with van der Waals surface area (Å²) in [5, 5.41) is 7.09. The van der Waals surface area contributed by atoms with Crippen LogP contribution in [0.15, 0.2) is 0 Å². The SMILES string of the molecule is CC(C)(C)c1n[nH]c(CCCN)n1. The van der Waals surface area contributed by atoms with Crippen molar-refractivity contribution in [3.8, 4) is 0 Å². The average molecular weight is 182 g/mol. The topological polar surface area (TPSA) is 67.6 Å². The molecule has 0 atom stereocenters. The van der Waals surface area contributed by atoms with Crippen molar-refractivity contribution in [2.45, 2.75) is 39.0 Å². The van der Waals surface area contributed by atoms with E-state index in [0.29, 0.717) is 6.54 Å². The van der Waals surface area contributed by atoms with Crippen LogP contribution in [0.1, 0.15) is 38.8 Å². The molecule has 0 unspecified atom stereocenters. The van der Waals surface area contributed by atoms with Gasteiger partial charge in [-0.2, -0.15) is 5.10 Å². The zero-order valence-electron chi connectivity index (χ0n) is 8.59. The molecule has 13 heavy (non-hydrogen) atoms. The quantitative estimate of drug-likeness (QED) is 0.732. The Morgan fingerprint density at radius 3 is 2.54 bits per heavy atom. The minimum Gasteiger partial charge on any atom is -0.330 e. The van der Waals surface area contributed by atoms with E-state index in [1.165, 1.54) is 0 Å². The molecule has 0 aliphatic heterocycles. The maximum absolute atomic E-state index is 5.41. The zero-order chi connectivity index (χ0) is 9.90. The summed E-state index contributed by atoms with van der Waals surface area (Å²) in [6.45, 7) is 7.00. The van der Waals surface area contributed by atoms with Crippen LogP contribution in [-0.4, -0.2) is 21.7 Å². The predicted molar refractivity (Wildman–Crippen MR) is 52.5 cm³/mol. The van der Waals surface area contributed by atoms with E-state index in [2.05, 4.69) is 36.0 Å². The molecule has 4 nitrogen and oxygen atoms in total. The third kappa shape index (κ3) is 2.81. The van der Waals surface area contributed by atoms with E-state index in [9.17, 15) is 0 Å². The third-order valence-electron chi connectivity index (χ3n) is 1.82. The lowest BCUT2D eigenvalue weighted by molar-refractivity contribution is 0.547. The molecular formula is C9H18N4. The Morgan fingerprint density at radius 1 is 1.38 bits per heavy atom. The van der Waals surface area contributed by atoms with Gasteiger partial charge in [-0.15, -0.1) is 0 Å². The van der Waals surface area contributed by atoms with Crippen molar-refractivity contribution in [2.75, 3.05) is 6.54 Å². The minimum atomic E-state index is 0.0253. The molecule has 4 heteroatoms. The number of nitrogens with zero attached hydrogens (tertiary/aromatic N) is 2. The van der Waals surface area contributed by atoms with E-state index >= 15 is 0 Å². The lowest BCUT2D eigenvalue weighted by Crippen LogP contribution is -2.13. The van der Waals surface area contributed by atoms with Crippen molar-refractivity contribution < 1.29 is 0 Å². The summed E-state index contributed by atoms with van der Waals surface area (Å²) >= 11 is 0. The smallest absolute Gasteiger partial charge is 0.155 e. The summed E-state index contributed by atoms with van der Waals surface area (Å²) in [6, 6.07) is 0. The second kappa shape index (κ2) is 3.87. The van der Waals surface area contributed by atoms with Gasteiger partial charge in [0.2, 0.25) is 0 Å². The van der Waals surface area contributed by atoms with Gasteiger partial charge in [0, 0.05) is 11.8 Å². The number of H-pyrrole nitrogens is 1. The van der Waals surface area contributed by atoms with E-state index < -0.39 is 0 Å². The average Bonchev–Trinajstić information content (AvgIpc) is 2.47. The first-order valence-corrected chi connectivity index (χ1v) is 4.66. The highest BCUT2D eigenvalue weighted by molar-refractivity contribution is 5.01. The molecule has 0 radical (unpaired) electrons. The predicted octanol–water partition coefficient (Wildman–Crippen LogP) is 0.993. The summed E-state index contributed by atoms with van der Waals surface area (Å²) < 4.78 is 0. The molecule has 0 bridgehead atoms. The maximum atomic E-state index is 5.41. The molecule has 3 N–H and O–H groups in total. The Morgan fingerprint density at radius 2 is 2.08 bits per heavy atom. The Hall–Kier alpha value is -0.900. The second-order valence-corrected chi connectivity index (χ2v) is 4.25. The van der Waals surface area contributed by atoms with Gasteiger partial charge in [-0.3, -0.25) is 5.10 Å². The summed E-state index contributed by atoms with van der Waals surface area (Å²) in [5.74, 6) is 1.81. The Labute approximate surface area is 78.9 Å². The van der Waals surface area contributed by atoms with Crippen LogP contribution in [0.2, 0.25) is 0 Å². The van der Waals surface area contributed by atoms with Crippen LogP contribution in [0.3, 0.4) is 0 Å². The summed E-state index contributed by atoms with van der Waals surface area (Å²) in [4.78, 5) is 4.40. The van der Waals surface area contributed by atoms with Crippen LogP contribution in [0, 0.1) is 0 Å². The molecular weight excluding hydrogens is 164 g/mol. The first-order chi connectivity index (χ1) is 6.04. The second-order valence-electron chi connectivity index (χ2n) is 4.25. The highest BCUT2D eigenvalue weighted by Gasteiger charge is 2.18. The van der Waals surface area contributed by atoms with Gasteiger partial charge in [-0.1, -0.05) is 20.8 Å². The highest BCUT2D eigenvalue weighted by atomic mass is 15.2. The fraction of sp³-hybridized carbons (Fsp3) is 0.778. The summed E-state index contributed by atoms with van der Waals surface area (Å²) in [7, 11) is 0. The van der Waals surface area contributed by atoms with Crippen molar-refractivity contribution in [1.29, 1.82) is 0 Å². The van der Waals surface area contributed by atoms with Gasteiger partial charge in [-0.25, -0.2) is 4.98 Å². The Balaban J connectivity index is 2.64. The molecule has 0 spiro atoms. The van der Waals surface area contributed by atoms with Gasteiger partial charge in [0.25, 0.3) is 0 Å². The maximum Gasteiger partial charge on any atom is 0.155 e. The van der Waals surface area contributed by atoms with Crippen LogP contribution in [0.25, 0.3) is 0 Å². The van der Waals surface area contributed by atoms with Crippen molar-refractivity contribution in [3.05, 3.63) is 11.6 Å². The van der Waals surface area contributed by atoms with Crippen molar-refractivity contribution in [3.63, 3.8) is 0 Å². The lowest BCUT2D eigenvalue weighted by atomic mass is 9.96. The molecule has 0 aliphatic rings. The van der Waals surface area contributed by atoms with Crippen LogP contribution in [0.5, 0.6) is 0 Å². The van der Waals surface area contributed by atoms with Gasteiger partial charge >= 0.3 is 0 Å². The van der Waals surface area contributed by atoms with Crippen molar-refractivity contribution in [2.24, 2.45) is 5.73 Å². The van der Waals surface area contributed by atoms with E-state index in [4.69, 9.17) is 5.73 Å². The first kappa shape index (κ1) is 10.2. The molecule has 1 aromatic heterocycles. The van der Waals surface area contributed by atoms with Gasteiger partial charge in [0.1, 0.15) is 5.82 Å². The molecule has 1 heterocycles. The lowest BCUT2D eigenvalue weighted by Gasteiger charge is -2.11. The van der Waals surface area contributed by atoms with Crippen LogP contribution >= 0.6 is 0 Å². The molecule has 0 saturated carbocycles. The van der Waals surface area contributed by atoms with Gasteiger partial charge in [0.05, 0.1) is 0 Å².